The summed E-state index contributed by atoms with van der Waals surface area (Å²) in [6.45, 7) is 0. The molecule has 0 N–H and O–H groups in total. The summed E-state index contributed by atoms with van der Waals surface area (Å²) in [6, 6.07) is 44.8. The van der Waals surface area contributed by atoms with Gasteiger partial charge in [0.05, 0.1) is 43.9 Å². The van der Waals surface area contributed by atoms with Gasteiger partial charge in [0.25, 0.3) is 0 Å². The third kappa shape index (κ3) is 3.97. The highest BCUT2D eigenvalue weighted by Crippen LogP contribution is 2.54. The number of ether oxygens (including phenoxy) is 2. The predicted molar refractivity (Wildman–Crippen MR) is 168 cm³/mol. The summed E-state index contributed by atoms with van der Waals surface area (Å²) in [4.78, 5) is 4.29. The van der Waals surface area contributed by atoms with Gasteiger partial charge in [-0.1, -0.05) is 72.8 Å². The number of hydrogen-bond acceptors (Lipinski definition) is 6. The normalized spacial score (nSPS) is 13.1. The largest absolute Gasteiger partial charge is 0.453 e. The first kappa shape index (κ1) is 25.2. The van der Waals surface area contributed by atoms with Crippen molar-refractivity contribution in [3.8, 4) is 23.0 Å². The molecule has 2 aliphatic heterocycles. The summed E-state index contributed by atoms with van der Waals surface area (Å²) in [7, 11) is -4.07. The van der Waals surface area contributed by atoms with Crippen molar-refractivity contribution in [3.05, 3.63) is 146 Å². The molecule has 6 aromatic carbocycles. The van der Waals surface area contributed by atoms with Gasteiger partial charge < -0.3 is 19.3 Å². The molecule has 2 heterocycles. The molecular formula is C36H24N2O4S. The molecule has 0 saturated heterocycles. The molecule has 0 aliphatic carbocycles. The van der Waals surface area contributed by atoms with Crippen LogP contribution in [0.25, 0.3) is 0 Å². The smallest absolute Gasteiger partial charge is 0.210 e. The number of rotatable bonds is 4. The van der Waals surface area contributed by atoms with Crippen LogP contribution in [-0.4, -0.2) is 8.42 Å². The minimum absolute atomic E-state index is 0.184. The molecule has 8 rings (SSSR count). The first-order valence-corrected chi connectivity index (χ1v) is 15.3. The fraction of sp³-hybridized carbons (Fsp3) is 0. The van der Waals surface area contributed by atoms with Crippen LogP contribution in [0.15, 0.2) is 155 Å². The molecule has 0 atom stereocenters. The Labute approximate surface area is 249 Å². The Balaban J connectivity index is 1.34. The van der Waals surface area contributed by atoms with Gasteiger partial charge in [-0.3, -0.25) is 0 Å². The van der Waals surface area contributed by atoms with Gasteiger partial charge in [-0.05, 0) is 72.8 Å². The predicted octanol–water partition coefficient (Wildman–Crippen LogP) is 9.67. The van der Waals surface area contributed by atoms with E-state index >= 15 is 0 Å². The quantitative estimate of drug-likeness (QED) is 0.207. The van der Waals surface area contributed by atoms with Crippen LogP contribution in [0.5, 0.6) is 23.0 Å². The summed E-state index contributed by atoms with van der Waals surface area (Å²) in [6.07, 6.45) is 0. The van der Waals surface area contributed by atoms with Gasteiger partial charge in [-0.2, -0.15) is 0 Å². The van der Waals surface area contributed by atoms with Gasteiger partial charge in [0.15, 0.2) is 23.0 Å². The van der Waals surface area contributed by atoms with Crippen LogP contribution in [0.1, 0.15) is 0 Å². The zero-order valence-corrected chi connectivity index (χ0v) is 23.6. The first-order chi connectivity index (χ1) is 21.1. The van der Waals surface area contributed by atoms with E-state index in [1.165, 1.54) is 0 Å². The van der Waals surface area contributed by atoms with Gasteiger partial charge in [0, 0.05) is 0 Å². The molecule has 0 bridgehead atoms. The molecule has 7 heteroatoms. The number of anilines is 6. The standard InChI is InChI=1S/C36H24N2O4S/c39-43(40,35-23-11-5-17-29(35)37-25-13-1-7-19-31(25)41-32-20-8-2-14-26(32)37)36-24-12-6-18-30(36)38-27-15-3-9-21-33(27)42-34-22-10-4-16-28(34)38/h1-24H. The maximum absolute atomic E-state index is 14.9. The number of nitrogens with zero attached hydrogens (tertiary/aromatic N) is 2. The Morgan fingerprint density at radius 1 is 0.349 bits per heavy atom. The lowest BCUT2D eigenvalue weighted by Crippen LogP contribution is -2.20. The van der Waals surface area contributed by atoms with Crippen molar-refractivity contribution in [1.29, 1.82) is 0 Å². The van der Waals surface area contributed by atoms with Crippen LogP contribution in [0, 0.1) is 0 Å². The van der Waals surface area contributed by atoms with Gasteiger partial charge in [-0.15, -0.1) is 0 Å². The zero-order chi connectivity index (χ0) is 29.0. The van der Waals surface area contributed by atoms with E-state index in [0.29, 0.717) is 34.4 Å². The fourth-order valence-corrected chi connectivity index (χ4v) is 7.41. The lowest BCUT2D eigenvalue weighted by atomic mass is 10.1. The van der Waals surface area contributed by atoms with Crippen molar-refractivity contribution in [2.24, 2.45) is 0 Å². The van der Waals surface area contributed by atoms with E-state index in [-0.39, 0.29) is 9.79 Å². The molecule has 2 aliphatic rings. The minimum Gasteiger partial charge on any atom is -0.453 e. The van der Waals surface area contributed by atoms with E-state index in [0.717, 1.165) is 22.7 Å². The van der Waals surface area contributed by atoms with E-state index in [1.54, 1.807) is 24.3 Å². The van der Waals surface area contributed by atoms with E-state index in [9.17, 15) is 8.42 Å². The molecular weight excluding hydrogens is 556 g/mol. The monoisotopic (exact) mass is 580 g/mol. The van der Waals surface area contributed by atoms with Crippen molar-refractivity contribution in [2.45, 2.75) is 9.79 Å². The summed E-state index contributed by atoms with van der Waals surface area (Å²) in [5, 5.41) is 0. The van der Waals surface area contributed by atoms with Gasteiger partial charge in [0.1, 0.15) is 0 Å². The van der Waals surface area contributed by atoms with Crippen LogP contribution in [0.4, 0.5) is 34.1 Å². The summed E-state index contributed by atoms with van der Waals surface area (Å²) in [5.74, 6) is 2.59. The van der Waals surface area contributed by atoms with Crippen LogP contribution < -0.4 is 19.3 Å². The lowest BCUT2D eigenvalue weighted by molar-refractivity contribution is 0.476. The van der Waals surface area contributed by atoms with Gasteiger partial charge >= 0.3 is 0 Å². The van der Waals surface area contributed by atoms with E-state index < -0.39 is 9.84 Å². The van der Waals surface area contributed by atoms with Crippen molar-refractivity contribution in [1.82, 2.24) is 0 Å². The van der Waals surface area contributed by atoms with Gasteiger partial charge in [0.2, 0.25) is 9.84 Å². The topological polar surface area (TPSA) is 59.1 Å². The highest BCUT2D eigenvalue weighted by atomic mass is 32.2. The van der Waals surface area contributed by atoms with E-state index in [2.05, 4.69) is 0 Å². The Morgan fingerprint density at radius 3 is 0.930 bits per heavy atom. The number of para-hydroxylation sites is 10. The van der Waals surface area contributed by atoms with Gasteiger partial charge in [-0.25, -0.2) is 8.42 Å². The lowest BCUT2D eigenvalue weighted by Gasteiger charge is -2.35. The summed E-state index contributed by atoms with van der Waals surface area (Å²) < 4.78 is 42.2. The average Bonchev–Trinajstić information content (AvgIpc) is 3.06. The Bertz CT molecular complexity index is 1910. The second-order valence-corrected chi connectivity index (χ2v) is 12.1. The van der Waals surface area contributed by atoms with Crippen LogP contribution in [0.3, 0.4) is 0 Å². The minimum atomic E-state index is -4.07. The number of benzene rings is 6. The molecule has 0 spiro atoms. The second-order valence-electron chi connectivity index (χ2n) is 10.2. The van der Waals surface area contributed by atoms with E-state index in [1.807, 2.05) is 131 Å². The van der Waals surface area contributed by atoms with Crippen molar-refractivity contribution < 1.29 is 17.9 Å². The average molecular weight is 581 g/mol. The van der Waals surface area contributed by atoms with Crippen LogP contribution in [0.2, 0.25) is 0 Å². The third-order valence-electron chi connectivity index (χ3n) is 7.66. The molecule has 0 fully saturated rings. The molecule has 0 radical (unpaired) electrons. The number of sulfone groups is 1. The Hall–Kier alpha value is -5.53. The number of hydrogen-bond donors (Lipinski definition) is 0. The molecule has 6 nitrogen and oxygen atoms in total. The Morgan fingerprint density at radius 2 is 0.605 bits per heavy atom. The molecule has 208 valence electrons. The summed E-state index contributed by atoms with van der Waals surface area (Å²) in [5.41, 5.74) is 4.09. The molecule has 0 amide bonds. The first-order valence-electron chi connectivity index (χ1n) is 13.9. The molecule has 6 aromatic rings. The number of fused-ring (bicyclic) bond motifs is 4. The second kappa shape index (κ2) is 9.79. The van der Waals surface area contributed by atoms with Crippen molar-refractivity contribution in [2.75, 3.05) is 9.80 Å². The summed E-state index contributed by atoms with van der Waals surface area (Å²) >= 11 is 0. The molecule has 0 unspecified atom stereocenters. The maximum atomic E-state index is 14.9. The van der Waals surface area contributed by atoms with Crippen LogP contribution in [-0.2, 0) is 9.84 Å². The highest BCUT2D eigenvalue weighted by Gasteiger charge is 2.34. The molecule has 0 saturated carbocycles. The van der Waals surface area contributed by atoms with Crippen molar-refractivity contribution >= 4 is 44.0 Å². The van der Waals surface area contributed by atoms with E-state index in [4.69, 9.17) is 9.47 Å². The maximum Gasteiger partial charge on any atom is 0.210 e. The SMILES string of the molecule is O=S(=O)(c1ccccc1N1c2ccccc2Oc2ccccc21)c1ccccc1N1c2ccccc2Oc2ccccc21. The Kier molecular flexibility index (Phi) is 5.74. The van der Waals surface area contributed by atoms with Crippen LogP contribution >= 0.6 is 0 Å². The highest BCUT2D eigenvalue weighted by molar-refractivity contribution is 7.91. The molecule has 43 heavy (non-hydrogen) atoms. The third-order valence-corrected chi connectivity index (χ3v) is 9.50. The zero-order valence-electron chi connectivity index (χ0n) is 22.8. The fourth-order valence-electron chi connectivity index (χ4n) is 5.79. The molecule has 0 aromatic heterocycles. The van der Waals surface area contributed by atoms with Crippen molar-refractivity contribution in [3.63, 3.8) is 0 Å².